The molecule has 2 fully saturated rings. The highest BCUT2D eigenvalue weighted by Gasteiger charge is 2.24. The minimum absolute atomic E-state index is 0.0270. The van der Waals surface area contributed by atoms with Gasteiger partial charge in [0.05, 0.1) is 11.7 Å². The second-order valence-corrected chi connectivity index (χ2v) is 9.18. The van der Waals surface area contributed by atoms with Gasteiger partial charge in [0.1, 0.15) is 17.5 Å². The Kier molecular flexibility index (Phi) is 8.81. The van der Waals surface area contributed by atoms with Gasteiger partial charge in [0.25, 0.3) is 5.91 Å². The summed E-state index contributed by atoms with van der Waals surface area (Å²) in [6.07, 6.45) is 8.40. The van der Waals surface area contributed by atoms with Crippen LogP contribution in [0.3, 0.4) is 0 Å². The molecule has 1 saturated carbocycles. The van der Waals surface area contributed by atoms with Crippen LogP contribution < -0.4 is 10.2 Å². The number of piperidine rings is 1. The molecule has 2 N–H and O–H groups in total. The lowest BCUT2D eigenvalue weighted by molar-refractivity contribution is -0.144. The Morgan fingerprint density at radius 3 is 2.77 bits per heavy atom. The molecule has 1 saturated heterocycles. The van der Waals surface area contributed by atoms with E-state index in [1.54, 1.807) is 11.8 Å². The normalized spacial score (nSPS) is 20.2. The standard InChI is InChI=1S/C22H33N3O4S/c1-2-13-30-22-18(21(28)23-16-7-4-3-5-8-16)10-11-19(24-22)25-12-6-9-17(14-25)29-15-20(26)27/h10-11,16-17H,2-9,12-15H2,1H3,(H,23,28)(H,26,27). The number of carboxylic acid groups (broad SMARTS) is 1. The highest BCUT2D eigenvalue weighted by molar-refractivity contribution is 7.99. The fraction of sp³-hybridized carbons (Fsp3) is 0.682. The third-order valence-corrected chi connectivity index (χ3v) is 6.82. The molecule has 2 aliphatic rings. The van der Waals surface area contributed by atoms with Crippen LogP contribution in [0.2, 0.25) is 0 Å². The predicted octanol–water partition coefficient (Wildman–Crippen LogP) is 3.72. The quantitative estimate of drug-likeness (QED) is 0.571. The van der Waals surface area contributed by atoms with Crippen molar-refractivity contribution in [2.45, 2.75) is 75.5 Å². The molecule has 1 aliphatic carbocycles. The maximum Gasteiger partial charge on any atom is 0.329 e. The summed E-state index contributed by atoms with van der Waals surface area (Å²) in [7, 11) is 0. The zero-order valence-electron chi connectivity index (χ0n) is 17.8. The number of thioether (sulfide) groups is 1. The third-order valence-electron chi connectivity index (χ3n) is 5.62. The van der Waals surface area contributed by atoms with Crippen molar-refractivity contribution in [2.75, 3.05) is 30.3 Å². The van der Waals surface area contributed by atoms with Crippen molar-refractivity contribution in [3.8, 4) is 0 Å². The van der Waals surface area contributed by atoms with Crippen LogP contribution >= 0.6 is 11.8 Å². The average Bonchev–Trinajstić information content (AvgIpc) is 2.77. The second kappa shape index (κ2) is 11.6. The number of hydrogen-bond acceptors (Lipinski definition) is 6. The molecule has 2 heterocycles. The summed E-state index contributed by atoms with van der Waals surface area (Å²) in [5.41, 5.74) is 0.651. The van der Waals surface area contributed by atoms with Gasteiger partial charge in [-0.3, -0.25) is 4.79 Å². The summed E-state index contributed by atoms with van der Waals surface area (Å²) in [5, 5.41) is 12.8. The van der Waals surface area contributed by atoms with Crippen LogP contribution in [0, 0.1) is 0 Å². The first kappa shape index (κ1) is 22.9. The number of pyridine rings is 1. The number of ether oxygens (including phenoxy) is 1. The minimum Gasteiger partial charge on any atom is -0.480 e. The van der Waals surface area contributed by atoms with Gasteiger partial charge in [0.15, 0.2) is 0 Å². The van der Waals surface area contributed by atoms with Gasteiger partial charge < -0.3 is 20.1 Å². The lowest BCUT2D eigenvalue weighted by Gasteiger charge is -2.33. The van der Waals surface area contributed by atoms with Crippen LogP contribution in [0.15, 0.2) is 17.2 Å². The first-order valence-corrected chi connectivity index (χ1v) is 12.1. The van der Waals surface area contributed by atoms with E-state index in [4.69, 9.17) is 14.8 Å². The Hall–Kier alpha value is -1.80. The van der Waals surface area contributed by atoms with E-state index in [1.165, 1.54) is 19.3 Å². The second-order valence-electron chi connectivity index (χ2n) is 8.09. The largest absolute Gasteiger partial charge is 0.480 e. The number of rotatable bonds is 9. The number of hydrogen-bond donors (Lipinski definition) is 2. The van der Waals surface area contributed by atoms with E-state index >= 15 is 0 Å². The monoisotopic (exact) mass is 435 g/mol. The molecule has 166 valence electrons. The van der Waals surface area contributed by atoms with E-state index in [0.29, 0.717) is 12.1 Å². The number of aromatic nitrogens is 1. The lowest BCUT2D eigenvalue weighted by atomic mass is 9.95. The molecule has 1 atom stereocenters. The average molecular weight is 436 g/mol. The van der Waals surface area contributed by atoms with Gasteiger partial charge in [-0.1, -0.05) is 26.2 Å². The molecule has 1 aromatic rings. The van der Waals surface area contributed by atoms with Gasteiger partial charge in [-0.2, -0.15) is 0 Å². The molecular weight excluding hydrogens is 402 g/mol. The molecule has 0 aromatic carbocycles. The van der Waals surface area contributed by atoms with Crippen LogP contribution in [0.25, 0.3) is 0 Å². The maximum atomic E-state index is 12.9. The highest BCUT2D eigenvalue weighted by Crippen LogP contribution is 2.27. The van der Waals surface area contributed by atoms with Crippen molar-refractivity contribution in [3.05, 3.63) is 17.7 Å². The van der Waals surface area contributed by atoms with Crippen LogP contribution in [0.4, 0.5) is 5.82 Å². The number of anilines is 1. The molecule has 0 bridgehead atoms. The Morgan fingerprint density at radius 2 is 2.03 bits per heavy atom. The summed E-state index contributed by atoms with van der Waals surface area (Å²) in [5.74, 6) is 0.758. The summed E-state index contributed by atoms with van der Waals surface area (Å²) in [6, 6.07) is 4.06. The van der Waals surface area contributed by atoms with Crippen molar-refractivity contribution in [3.63, 3.8) is 0 Å². The topological polar surface area (TPSA) is 91.8 Å². The fourth-order valence-corrected chi connectivity index (χ4v) is 4.94. The van der Waals surface area contributed by atoms with Crippen molar-refractivity contribution in [1.82, 2.24) is 10.3 Å². The Balaban J connectivity index is 1.71. The molecule has 0 radical (unpaired) electrons. The molecule has 1 aromatic heterocycles. The number of nitrogens with zero attached hydrogens (tertiary/aromatic N) is 2. The summed E-state index contributed by atoms with van der Waals surface area (Å²) < 4.78 is 5.50. The number of carbonyl (C=O) groups excluding carboxylic acids is 1. The van der Waals surface area contributed by atoms with E-state index in [9.17, 15) is 9.59 Å². The van der Waals surface area contributed by atoms with Gasteiger partial charge in [-0.25, -0.2) is 9.78 Å². The zero-order valence-corrected chi connectivity index (χ0v) is 18.6. The summed E-state index contributed by atoms with van der Waals surface area (Å²) >= 11 is 1.62. The molecule has 8 heteroatoms. The van der Waals surface area contributed by atoms with Gasteiger partial charge >= 0.3 is 5.97 Å². The van der Waals surface area contributed by atoms with E-state index in [2.05, 4.69) is 17.1 Å². The fourth-order valence-electron chi connectivity index (χ4n) is 4.07. The van der Waals surface area contributed by atoms with Crippen LogP contribution in [-0.4, -0.2) is 59.6 Å². The van der Waals surface area contributed by atoms with Crippen LogP contribution in [0.1, 0.15) is 68.6 Å². The Bertz CT molecular complexity index is 724. The molecule has 1 unspecified atom stereocenters. The highest BCUT2D eigenvalue weighted by atomic mass is 32.2. The maximum absolute atomic E-state index is 12.9. The van der Waals surface area contributed by atoms with Gasteiger partial charge in [-0.15, -0.1) is 11.8 Å². The molecule has 3 rings (SSSR count). The van der Waals surface area contributed by atoms with Gasteiger partial charge in [0.2, 0.25) is 0 Å². The summed E-state index contributed by atoms with van der Waals surface area (Å²) in [6.45, 7) is 3.31. The molecule has 1 aliphatic heterocycles. The first-order chi connectivity index (χ1) is 14.6. The van der Waals surface area contributed by atoms with Crippen LogP contribution in [0.5, 0.6) is 0 Å². The van der Waals surface area contributed by atoms with Crippen molar-refractivity contribution < 1.29 is 19.4 Å². The van der Waals surface area contributed by atoms with Gasteiger partial charge in [0, 0.05) is 19.1 Å². The minimum atomic E-state index is -0.947. The number of aliphatic carboxylic acids is 1. The first-order valence-electron chi connectivity index (χ1n) is 11.1. The van der Waals surface area contributed by atoms with Crippen molar-refractivity contribution in [2.24, 2.45) is 0 Å². The number of nitrogens with one attached hydrogen (secondary N) is 1. The number of carbonyl (C=O) groups is 2. The smallest absolute Gasteiger partial charge is 0.329 e. The Labute approximate surface area is 183 Å². The lowest BCUT2D eigenvalue weighted by Crippen LogP contribution is -2.41. The number of amides is 1. The molecule has 0 spiro atoms. The van der Waals surface area contributed by atoms with Gasteiger partial charge in [-0.05, 0) is 50.0 Å². The Morgan fingerprint density at radius 1 is 1.23 bits per heavy atom. The predicted molar refractivity (Wildman–Crippen MR) is 118 cm³/mol. The third kappa shape index (κ3) is 6.60. The van der Waals surface area contributed by atoms with Crippen molar-refractivity contribution >= 4 is 29.5 Å². The van der Waals surface area contributed by atoms with E-state index < -0.39 is 5.97 Å². The zero-order chi connectivity index (χ0) is 21.3. The van der Waals surface area contributed by atoms with E-state index in [1.807, 2.05) is 12.1 Å². The molecular formula is C22H33N3O4S. The molecule has 1 amide bonds. The molecule has 7 nitrogen and oxygen atoms in total. The van der Waals surface area contributed by atoms with E-state index in [0.717, 1.165) is 55.2 Å². The SMILES string of the molecule is CCCSc1nc(N2CCCC(OCC(=O)O)C2)ccc1C(=O)NC1CCCCC1. The van der Waals surface area contributed by atoms with Crippen LogP contribution in [-0.2, 0) is 9.53 Å². The number of carboxylic acids is 1. The van der Waals surface area contributed by atoms with Crippen molar-refractivity contribution in [1.29, 1.82) is 0 Å². The summed E-state index contributed by atoms with van der Waals surface area (Å²) in [4.78, 5) is 30.7. The molecule has 30 heavy (non-hydrogen) atoms. The van der Waals surface area contributed by atoms with E-state index in [-0.39, 0.29) is 24.7 Å².